The maximum absolute atomic E-state index is 9.11. The lowest BCUT2D eigenvalue weighted by Gasteiger charge is -2.19. The van der Waals surface area contributed by atoms with Crippen LogP contribution in [0.4, 0.5) is 5.69 Å². The molecule has 0 fully saturated rings. The molecule has 0 saturated heterocycles. The molecule has 0 aliphatic rings. The highest BCUT2D eigenvalue weighted by Crippen LogP contribution is 2.40. The third-order valence-electron chi connectivity index (χ3n) is 4.76. The standard InChI is InChI=1S/C26H19N3/c27-29-28-24-19-11-10-18-23(24)26(22-16-8-3-9-17-22)25(20-12-4-1-5-13-20)21-14-6-2-7-15-21/h1-19H. The smallest absolute Gasteiger partial charge is 0.0454 e. The summed E-state index contributed by atoms with van der Waals surface area (Å²) < 4.78 is 0. The van der Waals surface area contributed by atoms with E-state index in [2.05, 4.69) is 46.4 Å². The molecule has 0 radical (unpaired) electrons. The first kappa shape index (κ1) is 18.3. The zero-order valence-corrected chi connectivity index (χ0v) is 15.8. The molecule has 4 aromatic rings. The monoisotopic (exact) mass is 373 g/mol. The molecular formula is C26H19N3. The molecule has 0 unspecified atom stereocenters. The average Bonchev–Trinajstić information content (AvgIpc) is 2.80. The van der Waals surface area contributed by atoms with Crippen molar-refractivity contribution in [2.24, 2.45) is 5.11 Å². The molecule has 0 bridgehead atoms. The van der Waals surface area contributed by atoms with Crippen LogP contribution in [0, 0.1) is 0 Å². The summed E-state index contributed by atoms with van der Waals surface area (Å²) in [5.74, 6) is 0. The van der Waals surface area contributed by atoms with E-state index in [0.717, 1.165) is 33.4 Å². The second-order valence-electron chi connectivity index (χ2n) is 6.55. The second-order valence-corrected chi connectivity index (χ2v) is 6.55. The van der Waals surface area contributed by atoms with Crippen molar-refractivity contribution in [1.82, 2.24) is 0 Å². The predicted molar refractivity (Wildman–Crippen MR) is 120 cm³/mol. The third-order valence-corrected chi connectivity index (χ3v) is 4.76. The van der Waals surface area contributed by atoms with Crippen LogP contribution in [0.2, 0.25) is 0 Å². The topological polar surface area (TPSA) is 48.8 Å². The molecule has 29 heavy (non-hydrogen) atoms. The average molecular weight is 373 g/mol. The summed E-state index contributed by atoms with van der Waals surface area (Å²) in [6.45, 7) is 0. The van der Waals surface area contributed by atoms with Gasteiger partial charge in [-0.05, 0) is 38.9 Å². The first-order valence-electron chi connectivity index (χ1n) is 9.43. The highest BCUT2D eigenvalue weighted by molar-refractivity contribution is 6.06. The van der Waals surface area contributed by atoms with Crippen LogP contribution in [0.1, 0.15) is 22.3 Å². The fraction of sp³-hybridized carbons (Fsp3) is 0. The first-order chi connectivity index (χ1) is 14.4. The van der Waals surface area contributed by atoms with Gasteiger partial charge in [-0.3, -0.25) is 0 Å². The van der Waals surface area contributed by atoms with Crippen LogP contribution in [-0.2, 0) is 0 Å². The number of benzene rings is 4. The zero-order valence-electron chi connectivity index (χ0n) is 15.8. The summed E-state index contributed by atoms with van der Waals surface area (Å²) in [5, 5.41) is 3.97. The van der Waals surface area contributed by atoms with Crippen LogP contribution in [0.3, 0.4) is 0 Å². The summed E-state index contributed by atoms with van der Waals surface area (Å²) in [4.78, 5) is 3.05. The molecule has 0 N–H and O–H groups in total. The maximum atomic E-state index is 9.11. The van der Waals surface area contributed by atoms with Crippen molar-refractivity contribution in [2.75, 3.05) is 0 Å². The molecule has 3 nitrogen and oxygen atoms in total. The van der Waals surface area contributed by atoms with Crippen molar-refractivity contribution in [3.63, 3.8) is 0 Å². The lowest BCUT2D eigenvalue weighted by molar-refractivity contribution is 1.43. The van der Waals surface area contributed by atoms with Crippen LogP contribution in [0.15, 0.2) is 120 Å². The van der Waals surface area contributed by atoms with Gasteiger partial charge in [-0.25, -0.2) is 0 Å². The molecule has 0 atom stereocenters. The Labute approximate surface area is 170 Å². The lowest BCUT2D eigenvalue weighted by Crippen LogP contribution is -1.97. The molecule has 0 amide bonds. The summed E-state index contributed by atoms with van der Waals surface area (Å²) in [5.41, 5.74) is 16.0. The minimum atomic E-state index is 0.609. The molecule has 0 aromatic heterocycles. The Morgan fingerprint density at radius 1 is 0.517 bits per heavy atom. The van der Waals surface area contributed by atoms with Crippen molar-refractivity contribution in [3.8, 4) is 0 Å². The summed E-state index contributed by atoms with van der Waals surface area (Å²) in [7, 11) is 0. The normalized spacial score (nSPS) is 10.1. The summed E-state index contributed by atoms with van der Waals surface area (Å²) >= 11 is 0. The lowest BCUT2D eigenvalue weighted by atomic mass is 9.85. The van der Waals surface area contributed by atoms with Crippen molar-refractivity contribution in [1.29, 1.82) is 0 Å². The van der Waals surface area contributed by atoms with Crippen LogP contribution in [0.25, 0.3) is 21.6 Å². The predicted octanol–water partition coefficient (Wildman–Crippen LogP) is 7.64. The largest absolute Gasteiger partial charge is 0.0622 e. The van der Waals surface area contributed by atoms with E-state index in [0.29, 0.717) is 5.69 Å². The number of nitrogens with zero attached hydrogens (tertiary/aromatic N) is 3. The van der Waals surface area contributed by atoms with E-state index in [-0.39, 0.29) is 0 Å². The maximum Gasteiger partial charge on any atom is 0.0454 e. The molecule has 0 spiro atoms. The van der Waals surface area contributed by atoms with E-state index in [1.807, 2.05) is 78.9 Å². The molecule has 4 rings (SSSR count). The van der Waals surface area contributed by atoms with Gasteiger partial charge < -0.3 is 0 Å². The quantitative estimate of drug-likeness (QED) is 0.149. The second kappa shape index (κ2) is 8.75. The van der Waals surface area contributed by atoms with Crippen molar-refractivity contribution in [2.45, 2.75) is 0 Å². The Kier molecular flexibility index (Phi) is 5.52. The van der Waals surface area contributed by atoms with Gasteiger partial charge in [0.1, 0.15) is 0 Å². The Morgan fingerprint density at radius 2 is 0.931 bits per heavy atom. The van der Waals surface area contributed by atoms with Crippen LogP contribution >= 0.6 is 0 Å². The van der Waals surface area contributed by atoms with E-state index in [9.17, 15) is 0 Å². The molecule has 4 aromatic carbocycles. The molecule has 0 heterocycles. The van der Waals surface area contributed by atoms with Gasteiger partial charge >= 0.3 is 0 Å². The van der Waals surface area contributed by atoms with E-state index in [1.54, 1.807) is 0 Å². The molecule has 138 valence electrons. The van der Waals surface area contributed by atoms with Crippen molar-refractivity contribution in [3.05, 3.63) is 148 Å². The van der Waals surface area contributed by atoms with Gasteiger partial charge in [0.05, 0.1) is 0 Å². The number of azide groups is 1. The first-order valence-corrected chi connectivity index (χ1v) is 9.43. The molecule has 0 aliphatic heterocycles. The summed E-state index contributed by atoms with van der Waals surface area (Å²) in [6, 6.07) is 38.6. The number of rotatable bonds is 5. The fourth-order valence-electron chi connectivity index (χ4n) is 3.52. The fourth-order valence-corrected chi connectivity index (χ4v) is 3.52. The minimum Gasteiger partial charge on any atom is -0.0622 e. The molecule has 3 heteroatoms. The number of hydrogen-bond acceptors (Lipinski definition) is 1. The summed E-state index contributed by atoms with van der Waals surface area (Å²) in [6.07, 6.45) is 0. The van der Waals surface area contributed by atoms with Gasteiger partial charge in [-0.15, -0.1) is 0 Å². The zero-order chi connectivity index (χ0) is 19.9. The highest BCUT2D eigenvalue weighted by Gasteiger charge is 2.17. The SMILES string of the molecule is [N-]=[N+]=Nc1ccccc1C(=C(c1ccccc1)c1ccccc1)c1ccccc1. The van der Waals surface area contributed by atoms with Crippen molar-refractivity contribution >= 4 is 16.8 Å². The van der Waals surface area contributed by atoms with E-state index in [1.165, 1.54) is 0 Å². The molecular weight excluding hydrogens is 354 g/mol. The van der Waals surface area contributed by atoms with Gasteiger partial charge in [-0.1, -0.05) is 120 Å². The number of hydrogen-bond donors (Lipinski definition) is 0. The van der Waals surface area contributed by atoms with Gasteiger partial charge in [0, 0.05) is 10.6 Å². The Hall–Kier alpha value is -4.07. The van der Waals surface area contributed by atoms with Gasteiger partial charge in [0.15, 0.2) is 0 Å². The molecule has 0 aliphatic carbocycles. The third kappa shape index (κ3) is 3.96. The van der Waals surface area contributed by atoms with Gasteiger partial charge in [0.25, 0.3) is 0 Å². The van der Waals surface area contributed by atoms with E-state index in [4.69, 9.17) is 5.53 Å². The Balaban J connectivity index is 2.15. The Morgan fingerprint density at radius 3 is 1.41 bits per heavy atom. The van der Waals surface area contributed by atoms with E-state index < -0.39 is 0 Å². The van der Waals surface area contributed by atoms with Gasteiger partial charge in [-0.2, -0.15) is 0 Å². The molecule has 0 saturated carbocycles. The highest BCUT2D eigenvalue weighted by atomic mass is 15.1. The van der Waals surface area contributed by atoms with Crippen molar-refractivity contribution < 1.29 is 0 Å². The Bertz CT molecular complexity index is 1130. The van der Waals surface area contributed by atoms with Crippen LogP contribution in [-0.4, -0.2) is 0 Å². The van der Waals surface area contributed by atoms with Crippen LogP contribution in [0.5, 0.6) is 0 Å². The van der Waals surface area contributed by atoms with Gasteiger partial charge in [0.2, 0.25) is 0 Å². The minimum absolute atomic E-state index is 0.609. The van der Waals surface area contributed by atoms with E-state index >= 15 is 0 Å². The van der Waals surface area contributed by atoms with Crippen LogP contribution < -0.4 is 0 Å².